The lowest BCUT2D eigenvalue weighted by Gasteiger charge is -2.07. The van der Waals surface area contributed by atoms with Crippen LogP contribution in [-0.2, 0) is 4.74 Å². The van der Waals surface area contributed by atoms with Crippen LogP contribution in [0.3, 0.4) is 0 Å². The molecule has 0 aliphatic heterocycles. The Balaban J connectivity index is 3.08. The summed E-state index contributed by atoms with van der Waals surface area (Å²) in [4.78, 5) is 0. The maximum absolute atomic E-state index is 5.91. The van der Waals surface area contributed by atoms with E-state index in [-0.39, 0.29) is 5.38 Å². The average molecular weight is 192 g/mol. The molecule has 0 saturated heterocycles. The highest BCUT2D eigenvalue weighted by Gasteiger charge is 2.01. The summed E-state index contributed by atoms with van der Waals surface area (Å²) in [5, 5.41) is 3.38. The topological polar surface area (TPSA) is 21.3 Å². The number of alkyl halides is 1. The summed E-state index contributed by atoms with van der Waals surface area (Å²) < 4.78 is 4.91. The molecule has 0 spiro atoms. The van der Waals surface area contributed by atoms with Crippen LogP contribution in [0.5, 0.6) is 0 Å². The van der Waals surface area contributed by atoms with Crippen molar-refractivity contribution in [2.24, 2.45) is 0 Å². The third kappa shape index (κ3) is 8.05. The maximum Gasteiger partial charge on any atom is 0.0626 e. The second-order valence-electron chi connectivity index (χ2n) is 2.61. The van der Waals surface area contributed by atoms with Crippen LogP contribution in [-0.4, -0.2) is 32.2 Å². The van der Waals surface area contributed by atoms with Crippen LogP contribution in [0.25, 0.3) is 0 Å². The smallest absolute Gasteiger partial charge is 0.0626 e. The van der Waals surface area contributed by atoms with E-state index >= 15 is 0 Å². The van der Waals surface area contributed by atoms with Gasteiger partial charge in [-0.2, -0.15) is 0 Å². The van der Waals surface area contributed by atoms with E-state index in [1.807, 2.05) is 13.0 Å². The molecule has 72 valence electrons. The zero-order valence-electron chi connectivity index (χ0n) is 7.85. The van der Waals surface area contributed by atoms with Crippen molar-refractivity contribution in [1.29, 1.82) is 0 Å². The van der Waals surface area contributed by atoms with Gasteiger partial charge in [-0.25, -0.2) is 0 Å². The third-order valence-corrected chi connectivity index (χ3v) is 1.82. The minimum Gasteiger partial charge on any atom is -0.383 e. The van der Waals surface area contributed by atoms with Gasteiger partial charge < -0.3 is 10.1 Å². The summed E-state index contributed by atoms with van der Waals surface area (Å²) >= 11 is 5.91. The lowest BCUT2D eigenvalue weighted by molar-refractivity contribution is 0.195. The van der Waals surface area contributed by atoms with Gasteiger partial charge in [0.1, 0.15) is 0 Å². The maximum atomic E-state index is 5.91. The number of hydrogen-bond donors (Lipinski definition) is 1. The highest BCUT2D eigenvalue weighted by Crippen LogP contribution is 2.00. The van der Waals surface area contributed by atoms with Crippen molar-refractivity contribution in [3.63, 3.8) is 0 Å². The fourth-order valence-corrected chi connectivity index (χ4v) is 1.06. The van der Waals surface area contributed by atoms with Gasteiger partial charge in [-0.3, -0.25) is 0 Å². The molecule has 12 heavy (non-hydrogen) atoms. The van der Waals surface area contributed by atoms with Crippen LogP contribution in [0, 0.1) is 0 Å². The quantitative estimate of drug-likeness (QED) is 0.377. The van der Waals surface area contributed by atoms with Gasteiger partial charge in [0.05, 0.1) is 12.0 Å². The predicted octanol–water partition coefficient (Wildman–Crippen LogP) is 1.80. The van der Waals surface area contributed by atoms with Gasteiger partial charge in [-0.15, -0.1) is 11.6 Å². The molecule has 0 bridgehead atoms. The number of nitrogens with one attached hydrogen (secondary N) is 1. The molecular weight excluding hydrogens is 174 g/mol. The Morgan fingerprint density at radius 3 is 2.92 bits per heavy atom. The standard InChI is InChI=1S/C9H18ClNO/c1-3-4-6-11-7-5-9(10)8-12-2/h3-4,9,11H,5-8H2,1-2H3/b4-3+. The van der Waals surface area contributed by atoms with Gasteiger partial charge in [-0.05, 0) is 19.9 Å². The Morgan fingerprint density at radius 1 is 1.58 bits per heavy atom. The van der Waals surface area contributed by atoms with Gasteiger partial charge in [0.2, 0.25) is 0 Å². The molecule has 0 rings (SSSR count). The van der Waals surface area contributed by atoms with E-state index in [9.17, 15) is 0 Å². The number of methoxy groups -OCH3 is 1. The summed E-state index contributed by atoms with van der Waals surface area (Å²) in [7, 11) is 1.67. The molecule has 1 atom stereocenters. The number of hydrogen-bond acceptors (Lipinski definition) is 2. The molecule has 0 saturated carbocycles. The SMILES string of the molecule is C/C=C/CNCCC(Cl)COC. The molecule has 1 N–H and O–H groups in total. The molecule has 0 aromatic heterocycles. The first-order valence-corrected chi connectivity index (χ1v) is 4.69. The Hall–Kier alpha value is -0.0500. The van der Waals surface area contributed by atoms with Crippen LogP contribution in [0.4, 0.5) is 0 Å². The Kier molecular flexibility index (Phi) is 9.00. The summed E-state index contributed by atoms with van der Waals surface area (Å²) in [6.45, 7) is 4.51. The van der Waals surface area contributed by atoms with Crippen molar-refractivity contribution in [1.82, 2.24) is 5.32 Å². The minimum absolute atomic E-state index is 0.133. The molecule has 0 aliphatic carbocycles. The zero-order valence-corrected chi connectivity index (χ0v) is 8.60. The van der Waals surface area contributed by atoms with Crippen LogP contribution < -0.4 is 5.32 Å². The van der Waals surface area contributed by atoms with E-state index in [1.165, 1.54) is 0 Å². The highest BCUT2D eigenvalue weighted by molar-refractivity contribution is 6.20. The van der Waals surface area contributed by atoms with E-state index in [0.29, 0.717) is 6.61 Å². The van der Waals surface area contributed by atoms with Crippen molar-refractivity contribution < 1.29 is 4.74 Å². The molecule has 0 aromatic carbocycles. The van der Waals surface area contributed by atoms with Crippen LogP contribution in [0.15, 0.2) is 12.2 Å². The number of rotatable bonds is 7. The molecular formula is C9H18ClNO. The molecule has 0 radical (unpaired) electrons. The molecule has 2 nitrogen and oxygen atoms in total. The predicted molar refractivity (Wildman–Crippen MR) is 53.8 cm³/mol. The monoisotopic (exact) mass is 191 g/mol. The van der Waals surface area contributed by atoms with E-state index in [1.54, 1.807) is 7.11 Å². The van der Waals surface area contributed by atoms with Gasteiger partial charge in [0, 0.05) is 13.7 Å². The van der Waals surface area contributed by atoms with Crippen molar-refractivity contribution in [3.05, 3.63) is 12.2 Å². The zero-order chi connectivity index (χ0) is 9.23. The Labute approximate surface area is 79.9 Å². The normalized spacial score (nSPS) is 13.9. The van der Waals surface area contributed by atoms with Crippen molar-refractivity contribution >= 4 is 11.6 Å². The summed E-state index contributed by atoms with van der Waals surface area (Å²) in [5.41, 5.74) is 0. The van der Waals surface area contributed by atoms with E-state index in [4.69, 9.17) is 16.3 Å². The van der Waals surface area contributed by atoms with E-state index in [0.717, 1.165) is 19.5 Å². The Morgan fingerprint density at radius 2 is 2.33 bits per heavy atom. The molecule has 0 amide bonds. The van der Waals surface area contributed by atoms with Gasteiger partial charge in [-0.1, -0.05) is 12.2 Å². The van der Waals surface area contributed by atoms with Crippen molar-refractivity contribution in [3.8, 4) is 0 Å². The second kappa shape index (κ2) is 9.04. The number of allylic oxidation sites excluding steroid dienone is 1. The lowest BCUT2D eigenvalue weighted by Crippen LogP contribution is -2.20. The molecule has 3 heteroatoms. The minimum atomic E-state index is 0.133. The first kappa shape index (κ1) is 11.9. The van der Waals surface area contributed by atoms with Gasteiger partial charge in [0.25, 0.3) is 0 Å². The van der Waals surface area contributed by atoms with E-state index in [2.05, 4.69) is 11.4 Å². The largest absolute Gasteiger partial charge is 0.383 e. The van der Waals surface area contributed by atoms with Crippen LogP contribution in [0.1, 0.15) is 13.3 Å². The number of ether oxygens (including phenoxy) is 1. The fourth-order valence-electron chi connectivity index (χ4n) is 0.826. The Bertz CT molecular complexity index is 117. The second-order valence-corrected chi connectivity index (χ2v) is 3.23. The van der Waals surface area contributed by atoms with Crippen LogP contribution >= 0.6 is 11.6 Å². The van der Waals surface area contributed by atoms with E-state index < -0.39 is 0 Å². The first-order chi connectivity index (χ1) is 5.81. The lowest BCUT2D eigenvalue weighted by atomic mass is 10.3. The highest BCUT2D eigenvalue weighted by atomic mass is 35.5. The molecule has 1 unspecified atom stereocenters. The van der Waals surface area contributed by atoms with Crippen molar-refractivity contribution in [2.75, 3.05) is 26.8 Å². The van der Waals surface area contributed by atoms with Gasteiger partial charge in [0.15, 0.2) is 0 Å². The summed E-state index contributed by atoms with van der Waals surface area (Å²) in [6, 6.07) is 0. The average Bonchev–Trinajstić information content (AvgIpc) is 2.05. The molecule has 0 aliphatic rings. The molecule has 0 fully saturated rings. The summed E-state index contributed by atoms with van der Waals surface area (Å²) in [5.74, 6) is 0. The third-order valence-electron chi connectivity index (χ3n) is 1.48. The molecule has 0 heterocycles. The van der Waals surface area contributed by atoms with Crippen molar-refractivity contribution in [2.45, 2.75) is 18.7 Å². The molecule has 0 aromatic rings. The first-order valence-electron chi connectivity index (χ1n) is 4.26. The van der Waals surface area contributed by atoms with Gasteiger partial charge >= 0.3 is 0 Å². The van der Waals surface area contributed by atoms with Crippen LogP contribution in [0.2, 0.25) is 0 Å². The number of halogens is 1. The fraction of sp³-hybridized carbons (Fsp3) is 0.778. The summed E-state index contributed by atoms with van der Waals surface area (Å²) in [6.07, 6.45) is 5.06.